The molecule has 2 aromatic heterocycles. The van der Waals surface area contributed by atoms with E-state index in [4.69, 9.17) is 31.0 Å². The lowest BCUT2D eigenvalue weighted by molar-refractivity contribution is -0.138. The predicted octanol–water partition coefficient (Wildman–Crippen LogP) is 10.5. The number of anilines is 2. The van der Waals surface area contributed by atoms with Crippen LogP contribution in [0.4, 0.5) is 16.3 Å². The maximum atomic E-state index is 14.1. The van der Waals surface area contributed by atoms with Crippen LogP contribution in [-0.4, -0.2) is 134 Å². The number of hydrogen-bond donors (Lipinski definition) is 2. The van der Waals surface area contributed by atoms with Gasteiger partial charge >= 0.3 is 6.03 Å². The van der Waals surface area contributed by atoms with E-state index >= 15 is 0 Å². The van der Waals surface area contributed by atoms with Gasteiger partial charge in [-0.3, -0.25) is 29.5 Å². The molecule has 15 nitrogen and oxygen atoms in total. The van der Waals surface area contributed by atoms with Crippen molar-refractivity contribution in [3.63, 3.8) is 0 Å². The molecule has 0 radical (unpaired) electrons. The first-order chi connectivity index (χ1) is 36.7. The van der Waals surface area contributed by atoms with E-state index in [-0.39, 0.29) is 48.1 Å². The van der Waals surface area contributed by atoms with Crippen LogP contribution >= 0.6 is 22.9 Å². The number of benzene rings is 3. The minimum atomic E-state index is -0.507. The van der Waals surface area contributed by atoms with Gasteiger partial charge in [-0.05, 0) is 168 Å². The molecule has 5 fully saturated rings. The second kappa shape index (κ2) is 23.0. The van der Waals surface area contributed by atoms with Crippen LogP contribution in [0.25, 0.3) is 22.0 Å². The molecular formula is C59H74ClN9O6S. The SMILES string of the molecule is COc1cc2nc(C)nc(N[C@H](C)c3cc(-c4c(Cl)cccc4CN(C)C)cs3)c2cc1C1CCC(C(=O)N2CCN(CC3CCC4(CC3)CCN(C(=O)c3ccc(OC)c(N5CCC(=O)NC5=O)c3)CC4)CC2)CC1. The fourth-order valence-electron chi connectivity index (χ4n) is 12.8. The van der Waals surface area contributed by atoms with Gasteiger partial charge < -0.3 is 29.5 Å². The summed E-state index contributed by atoms with van der Waals surface area (Å²) in [6.45, 7) is 11.1. The molecule has 76 heavy (non-hydrogen) atoms. The number of fused-ring (bicyclic) bond motifs is 1. The van der Waals surface area contributed by atoms with Gasteiger partial charge in [-0.1, -0.05) is 23.7 Å². The molecular weight excluding hydrogens is 998 g/mol. The Hall–Kier alpha value is -5.81. The number of carbonyl (C=O) groups is 4. The summed E-state index contributed by atoms with van der Waals surface area (Å²) in [5.74, 6) is 3.74. The summed E-state index contributed by atoms with van der Waals surface area (Å²) in [4.78, 5) is 73.6. The Kier molecular flexibility index (Phi) is 16.2. The number of urea groups is 1. The van der Waals surface area contributed by atoms with Crippen molar-refractivity contribution in [3.05, 3.63) is 92.4 Å². The Bertz CT molecular complexity index is 2950. The van der Waals surface area contributed by atoms with Gasteiger partial charge in [-0.25, -0.2) is 14.8 Å². The van der Waals surface area contributed by atoms with Crippen molar-refractivity contribution in [2.24, 2.45) is 17.3 Å². The average Bonchev–Trinajstić information content (AvgIpc) is 3.92. The third-order valence-electron chi connectivity index (χ3n) is 17.2. The summed E-state index contributed by atoms with van der Waals surface area (Å²) >= 11 is 8.53. The number of likely N-dealkylation sites (tertiary alicyclic amines) is 1. The van der Waals surface area contributed by atoms with Gasteiger partial charge in [0.15, 0.2) is 0 Å². The number of aryl methyl sites for hydroxylation is 1. The van der Waals surface area contributed by atoms with Crippen LogP contribution in [0, 0.1) is 24.2 Å². The third kappa shape index (κ3) is 11.6. The van der Waals surface area contributed by atoms with E-state index in [0.717, 1.165) is 135 Å². The van der Waals surface area contributed by atoms with Crippen molar-refractivity contribution in [2.75, 3.05) is 90.9 Å². The van der Waals surface area contributed by atoms with Crippen LogP contribution in [0.2, 0.25) is 5.02 Å². The molecule has 5 amide bonds. The number of nitrogens with zero attached hydrogens (tertiary/aromatic N) is 7. The highest BCUT2D eigenvalue weighted by atomic mass is 35.5. The maximum absolute atomic E-state index is 14.1. The zero-order valence-corrected chi connectivity index (χ0v) is 46.7. The number of piperidine rings is 1. The Morgan fingerprint density at radius 2 is 1.61 bits per heavy atom. The van der Waals surface area contributed by atoms with Crippen molar-refractivity contribution in [2.45, 2.75) is 103 Å². The van der Waals surface area contributed by atoms with Gasteiger partial charge in [-0.15, -0.1) is 11.3 Å². The van der Waals surface area contributed by atoms with Crippen molar-refractivity contribution < 1.29 is 28.7 Å². The van der Waals surface area contributed by atoms with Crippen LogP contribution < -0.4 is 25.0 Å². The number of aromatic nitrogens is 2. The van der Waals surface area contributed by atoms with Gasteiger partial charge in [-0.2, -0.15) is 0 Å². The number of rotatable bonds is 14. The number of ether oxygens (including phenoxy) is 2. The quantitative estimate of drug-likeness (QED) is 0.109. The highest BCUT2D eigenvalue weighted by Gasteiger charge is 2.40. The number of piperazine rings is 1. The van der Waals surface area contributed by atoms with E-state index in [2.05, 4.69) is 76.0 Å². The number of hydrogen-bond acceptors (Lipinski definition) is 12. The van der Waals surface area contributed by atoms with Crippen molar-refractivity contribution >= 4 is 69.1 Å². The Morgan fingerprint density at radius 1 is 0.868 bits per heavy atom. The van der Waals surface area contributed by atoms with E-state index in [9.17, 15) is 19.2 Å². The summed E-state index contributed by atoms with van der Waals surface area (Å²) in [5, 5.41) is 10.0. The molecule has 2 N–H and O–H groups in total. The molecule has 10 rings (SSSR count). The first-order valence-corrected chi connectivity index (χ1v) is 28.7. The number of imide groups is 1. The van der Waals surface area contributed by atoms with E-state index in [1.54, 1.807) is 36.6 Å². The molecule has 3 aliphatic heterocycles. The van der Waals surface area contributed by atoms with Crippen molar-refractivity contribution in [3.8, 4) is 22.6 Å². The minimum Gasteiger partial charge on any atom is -0.496 e. The number of methoxy groups -OCH3 is 2. The lowest BCUT2D eigenvalue weighted by atomic mass is 9.65. The summed E-state index contributed by atoms with van der Waals surface area (Å²) < 4.78 is 11.6. The Morgan fingerprint density at radius 3 is 2.30 bits per heavy atom. The largest absolute Gasteiger partial charge is 0.496 e. The van der Waals surface area contributed by atoms with Crippen LogP contribution in [0.3, 0.4) is 0 Å². The monoisotopic (exact) mass is 1070 g/mol. The molecule has 1 spiro atoms. The minimum absolute atomic E-state index is 0.0139. The number of nitrogens with one attached hydrogen (secondary N) is 2. The number of carbonyl (C=O) groups excluding carboxylic acids is 4. The molecule has 17 heteroatoms. The van der Waals surface area contributed by atoms with E-state index in [1.807, 2.05) is 24.0 Å². The fourth-order valence-corrected chi connectivity index (χ4v) is 14.0. The third-order valence-corrected chi connectivity index (χ3v) is 18.6. The standard InChI is InChI=1S/C59H74ClN9O6S/c1-37(52-31-44(36-76-52)54-43(35-65(3)4)8-7-9-47(54)60)61-55-46-32-45(51(75-6)33-48(46)62-38(2)63-55)40-10-12-41(13-11-40)56(71)68-28-26-66(27-29-68)34-39-16-19-59(20-17-39)21-24-67(25-22-59)57(72)42-14-15-50(74-5)49(30-42)69-23-18-53(70)64-58(69)73/h7-9,14-15,30-33,36-37,39-41H,10-13,16-29,34-35H2,1-6H3,(H,61,62,63)(H,64,70,73)/t37-,40?,41?/m1/s1. The van der Waals surface area contributed by atoms with Gasteiger partial charge in [0.1, 0.15) is 23.1 Å². The first kappa shape index (κ1) is 53.6. The predicted molar refractivity (Wildman–Crippen MR) is 301 cm³/mol. The smallest absolute Gasteiger partial charge is 0.328 e. The molecule has 3 saturated heterocycles. The molecule has 2 aliphatic carbocycles. The Balaban J connectivity index is 0.689. The average molecular weight is 1070 g/mol. The van der Waals surface area contributed by atoms with Crippen LogP contribution in [-0.2, 0) is 16.1 Å². The summed E-state index contributed by atoms with van der Waals surface area (Å²) in [6, 6.07) is 17.4. The molecule has 1 atom stereocenters. The lowest BCUT2D eigenvalue weighted by Gasteiger charge is -2.47. The normalized spacial score (nSPS) is 21.0. The van der Waals surface area contributed by atoms with Crippen molar-refractivity contribution in [1.82, 2.24) is 34.9 Å². The molecule has 5 aliphatic rings. The van der Waals surface area contributed by atoms with Crippen LogP contribution in [0.15, 0.2) is 60.0 Å². The van der Waals surface area contributed by atoms with Crippen LogP contribution in [0.1, 0.15) is 122 Å². The Labute approximate surface area is 456 Å². The summed E-state index contributed by atoms with van der Waals surface area (Å²) in [5.41, 5.74) is 6.69. The second-order valence-corrected chi connectivity index (χ2v) is 23.7. The van der Waals surface area contributed by atoms with Gasteiger partial charge in [0.25, 0.3) is 5.91 Å². The topological polar surface area (TPSA) is 153 Å². The molecule has 5 heterocycles. The molecule has 404 valence electrons. The van der Waals surface area contributed by atoms with Gasteiger partial charge in [0, 0.05) is 104 Å². The summed E-state index contributed by atoms with van der Waals surface area (Å²) in [6.07, 6.45) is 10.5. The maximum Gasteiger partial charge on any atom is 0.328 e. The van der Waals surface area contributed by atoms with Gasteiger partial charge in [0.05, 0.1) is 31.5 Å². The lowest BCUT2D eigenvalue weighted by Crippen LogP contribution is -2.52. The van der Waals surface area contributed by atoms with Crippen molar-refractivity contribution in [1.29, 1.82) is 0 Å². The molecule has 0 bridgehead atoms. The summed E-state index contributed by atoms with van der Waals surface area (Å²) in [7, 11) is 7.42. The highest BCUT2D eigenvalue weighted by Crippen LogP contribution is 2.48. The molecule has 5 aromatic rings. The zero-order chi connectivity index (χ0) is 53.3. The number of thiophene rings is 1. The number of halogens is 1. The molecule has 3 aromatic carbocycles. The van der Waals surface area contributed by atoms with Crippen LogP contribution in [0.5, 0.6) is 11.5 Å². The molecule has 0 unspecified atom stereocenters. The van der Waals surface area contributed by atoms with Gasteiger partial charge in [0.2, 0.25) is 11.8 Å². The molecule has 2 saturated carbocycles. The van der Waals surface area contributed by atoms with E-state index in [1.165, 1.54) is 48.1 Å². The van der Waals surface area contributed by atoms with E-state index < -0.39 is 6.03 Å². The fraction of sp³-hybridized carbons (Fsp3) is 0.525. The second-order valence-electron chi connectivity index (χ2n) is 22.4. The highest BCUT2D eigenvalue weighted by molar-refractivity contribution is 7.10. The zero-order valence-electron chi connectivity index (χ0n) is 45.1. The number of amides is 5. The first-order valence-electron chi connectivity index (χ1n) is 27.4. The van der Waals surface area contributed by atoms with E-state index in [0.29, 0.717) is 34.6 Å².